The summed E-state index contributed by atoms with van der Waals surface area (Å²) >= 11 is 0. The van der Waals surface area contributed by atoms with E-state index in [4.69, 9.17) is 34.6 Å². The maximum absolute atomic E-state index is 8.88. The van der Waals surface area contributed by atoms with Crippen LogP contribution in [0.3, 0.4) is 0 Å². The fourth-order valence-corrected chi connectivity index (χ4v) is 0.785. The van der Waals surface area contributed by atoms with Crippen molar-refractivity contribution in [3.8, 4) is 0 Å². The Morgan fingerprint density at radius 2 is 1.33 bits per heavy atom. The molecule has 0 aromatic heterocycles. The van der Waals surface area contributed by atoms with Gasteiger partial charge in [-0.25, -0.2) is 4.57 Å². The van der Waals surface area contributed by atoms with Crippen molar-refractivity contribution in [3.63, 3.8) is 0 Å². The molecule has 94 valence electrons. The van der Waals surface area contributed by atoms with Crippen molar-refractivity contribution >= 4 is 7.82 Å². The van der Waals surface area contributed by atoms with Gasteiger partial charge in [0.25, 0.3) is 0 Å². The average molecular weight is 246 g/mol. The van der Waals surface area contributed by atoms with Crippen LogP contribution in [0.15, 0.2) is 0 Å². The van der Waals surface area contributed by atoms with Crippen molar-refractivity contribution in [2.75, 3.05) is 19.8 Å². The molecule has 0 bridgehead atoms. The third-order valence-electron chi connectivity index (χ3n) is 1.54. The molecule has 0 heterocycles. The minimum atomic E-state index is -4.64. The second-order valence-corrected chi connectivity index (χ2v) is 3.99. The van der Waals surface area contributed by atoms with Crippen LogP contribution in [0.1, 0.15) is 19.3 Å². The molecule has 0 atom stereocenters. The van der Waals surface area contributed by atoms with Gasteiger partial charge < -0.3 is 30.0 Å². The zero-order valence-electron chi connectivity index (χ0n) is 8.36. The summed E-state index contributed by atoms with van der Waals surface area (Å²) in [6.07, 6.45) is 2.44. The van der Waals surface area contributed by atoms with E-state index in [1.54, 1.807) is 0 Å². The Morgan fingerprint density at radius 3 is 1.60 bits per heavy atom. The molecule has 0 fully saturated rings. The molecule has 15 heavy (non-hydrogen) atoms. The van der Waals surface area contributed by atoms with E-state index in [2.05, 4.69) is 0 Å². The van der Waals surface area contributed by atoms with Gasteiger partial charge in [-0.2, -0.15) is 0 Å². The molecular formula is C7H19O7P. The lowest BCUT2D eigenvalue weighted by Crippen LogP contribution is -2.10. The van der Waals surface area contributed by atoms with Crippen molar-refractivity contribution < 1.29 is 34.6 Å². The van der Waals surface area contributed by atoms with E-state index in [0.29, 0.717) is 0 Å². The van der Waals surface area contributed by atoms with Crippen LogP contribution >= 0.6 is 7.82 Å². The van der Waals surface area contributed by atoms with Gasteiger partial charge >= 0.3 is 7.82 Å². The van der Waals surface area contributed by atoms with E-state index in [1.807, 2.05) is 0 Å². The molecule has 0 aromatic carbocycles. The van der Waals surface area contributed by atoms with Crippen molar-refractivity contribution in [3.05, 3.63) is 0 Å². The number of hydrogen-bond acceptors (Lipinski definition) is 4. The second-order valence-electron chi connectivity index (χ2n) is 2.96. The van der Waals surface area contributed by atoms with Gasteiger partial charge in [0.1, 0.15) is 0 Å². The lowest BCUT2D eigenvalue weighted by molar-refractivity contribution is 0.139. The van der Waals surface area contributed by atoms with E-state index in [9.17, 15) is 0 Å². The first kappa shape index (κ1) is 17.4. The first-order chi connectivity index (χ1) is 6.85. The predicted octanol–water partition coefficient (Wildman–Crippen LogP) is -1.18. The Bertz CT molecular complexity index is 156. The second kappa shape index (κ2) is 10.5. The summed E-state index contributed by atoms with van der Waals surface area (Å²) in [6, 6.07) is 0. The Kier molecular flexibility index (Phi) is 12.2. The zero-order chi connectivity index (χ0) is 12.3. The minimum absolute atomic E-state index is 0.00606. The van der Waals surface area contributed by atoms with Crippen molar-refractivity contribution in [2.45, 2.75) is 19.3 Å². The SMILES string of the molecule is O=P(O)(O)O.OCCCCC(CO)CO. The van der Waals surface area contributed by atoms with Crippen LogP contribution in [0.5, 0.6) is 0 Å². The van der Waals surface area contributed by atoms with E-state index in [0.717, 1.165) is 19.3 Å². The highest BCUT2D eigenvalue weighted by atomic mass is 31.2. The van der Waals surface area contributed by atoms with Gasteiger partial charge in [-0.15, -0.1) is 0 Å². The number of aliphatic hydroxyl groups is 3. The summed E-state index contributed by atoms with van der Waals surface area (Å²) in [5.74, 6) is 0.00606. The third kappa shape index (κ3) is 24.9. The smallest absolute Gasteiger partial charge is 0.396 e. The maximum atomic E-state index is 8.88. The number of rotatable bonds is 6. The zero-order valence-corrected chi connectivity index (χ0v) is 9.25. The Morgan fingerprint density at radius 1 is 0.933 bits per heavy atom. The molecule has 0 saturated carbocycles. The molecule has 0 saturated heterocycles. The molecule has 6 N–H and O–H groups in total. The molecule has 0 aliphatic heterocycles. The van der Waals surface area contributed by atoms with Crippen molar-refractivity contribution in [2.24, 2.45) is 5.92 Å². The van der Waals surface area contributed by atoms with Crippen LogP contribution in [0, 0.1) is 5.92 Å². The summed E-state index contributed by atoms with van der Waals surface area (Å²) in [4.78, 5) is 21.6. The molecule has 0 aliphatic rings. The number of hydrogen-bond donors (Lipinski definition) is 6. The van der Waals surface area contributed by atoms with Crippen molar-refractivity contribution in [1.29, 1.82) is 0 Å². The molecule has 8 heteroatoms. The lowest BCUT2D eigenvalue weighted by atomic mass is 10.0. The third-order valence-corrected chi connectivity index (χ3v) is 1.54. The first-order valence-corrected chi connectivity index (χ1v) is 6.02. The van der Waals surface area contributed by atoms with Crippen LogP contribution in [0.25, 0.3) is 0 Å². The van der Waals surface area contributed by atoms with Crippen LogP contribution in [0.4, 0.5) is 0 Å². The molecule has 0 radical (unpaired) electrons. The Labute approximate surface area is 88.2 Å². The minimum Gasteiger partial charge on any atom is -0.396 e. The molecule has 0 amide bonds. The summed E-state index contributed by atoms with van der Waals surface area (Å²) in [5.41, 5.74) is 0. The molecule has 0 rings (SSSR count). The van der Waals surface area contributed by atoms with Crippen LogP contribution in [0.2, 0.25) is 0 Å². The van der Waals surface area contributed by atoms with Gasteiger partial charge in [0.05, 0.1) is 0 Å². The van der Waals surface area contributed by atoms with Crippen molar-refractivity contribution in [1.82, 2.24) is 0 Å². The molecule has 0 unspecified atom stereocenters. The van der Waals surface area contributed by atoms with Gasteiger partial charge in [0, 0.05) is 25.7 Å². The molecule has 0 spiro atoms. The van der Waals surface area contributed by atoms with Crippen LogP contribution in [-0.4, -0.2) is 49.8 Å². The van der Waals surface area contributed by atoms with E-state index >= 15 is 0 Å². The van der Waals surface area contributed by atoms with E-state index in [-0.39, 0.29) is 25.7 Å². The van der Waals surface area contributed by atoms with Gasteiger partial charge in [-0.1, -0.05) is 6.42 Å². The van der Waals surface area contributed by atoms with Gasteiger partial charge in [0.15, 0.2) is 0 Å². The standard InChI is InChI=1S/C7H16O3.H3O4P/c8-4-2-1-3-7(5-9)6-10;1-5(2,3)4/h7-10H,1-6H2;(H3,1,2,3,4). The summed E-state index contributed by atoms with van der Waals surface area (Å²) in [7, 11) is -4.64. The van der Waals surface area contributed by atoms with Gasteiger partial charge in [0.2, 0.25) is 0 Å². The Hall–Kier alpha value is -0.0100. The summed E-state index contributed by atoms with van der Waals surface area (Å²) in [6.45, 7) is 0.285. The van der Waals surface area contributed by atoms with Crippen LogP contribution in [-0.2, 0) is 4.57 Å². The van der Waals surface area contributed by atoms with Gasteiger partial charge in [-0.05, 0) is 12.8 Å². The summed E-state index contributed by atoms with van der Waals surface area (Å²) in [5, 5.41) is 25.6. The molecule has 0 aromatic rings. The predicted molar refractivity (Wildman–Crippen MR) is 52.9 cm³/mol. The first-order valence-electron chi connectivity index (χ1n) is 4.46. The average Bonchev–Trinajstić information content (AvgIpc) is 2.10. The maximum Gasteiger partial charge on any atom is 0.466 e. The van der Waals surface area contributed by atoms with Crippen LogP contribution < -0.4 is 0 Å². The topological polar surface area (TPSA) is 138 Å². The number of aliphatic hydroxyl groups excluding tert-OH is 3. The number of phosphoric acid groups is 1. The fourth-order valence-electron chi connectivity index (χ4n) is 0.785. The van der Waals surface area contributed by atoms with E-state index in [1.165, 1.54) is 0 Å². The highest BCUT2D eigenvalue weighted by molar-refractivity contribution is 7.45. The molecular weight excluding hydrogens is 227 g/mol. The largest absolute Gasteiger partial charge is 0.466 e. The summed E-state index contributed by atoms with van der Waals surface area (Å²) < 4.78 is 8.88. The monoisotopic (exact) mass is 246 g/mol. The highest BCUT2D eigenvalue weighted by Crippen LogP contribution is 2.25. The fraction of sp³-hybridized carbons (Fsp3) is 1.00. The molecule has 7 nitrogen and oxygen atoms in total. The van der Waals surface area contributed by atoms with E-state index < -0.39 is 7.82 Å². The highest BCUT2D eigenvalue weighted by Gasteiger charge is 2.03. The molecule has 0 aliphatic carbocycles. The lowest BCUT2D eigenvalue weighted by Gasteiger charge is -2.08. The number of unbranched alkanes of at least 4 members (excludes halogenated alkanes) is 1. The van der Waals surface area contributed by atoms with Gasteiger partial charge in [-0.3, -0.25) is 0 Å². The quantitative estimate of drug-likeness (QED) is 0.256. The normalized spacial score (nSPS) is 11.1. The Balaban J connectivity index is 0.